The lowest BCUT2D eigenvalue weighted by Gasteiger charge is -2.25. The molecule has 1 N–H and O–H groups in total. The minimum atomic E-state index is -5.08. The van der Waals surface area contributed by atoms with E-state index in [-0.39, 0.29) is 5.91 Å². The predicted octanol–water partition coefficient (Wildman–Crippen LogP) is 1.72. The van der Waals surface area contributed by atoms with Crippen LogP contribution in [0.2, 0.25) is 0 Å². The number of methoxy groups -OCH3 is 1. The number of hydrogen-bond donors (Lipinski definition) is 1. The number of amides is 1. The van der Waals surface area contributed by atoms with Crippen molar-refractivity contribution in [2.24, 2.45) is 5.92 Å². The second kappa shape index (κ2) is 8.91. The van der Waals surface area contributed by atoms with Gasteiger partial charge in [0.05, 0.1) is 12.3 Å². The number of fused-ring (bicyclic) bond motifs is 1. The summed E-state index contributed by atoms with van der Waals surface area (Å²) in [5, 5.41) is 11.0. The summed E-state index contributed by atoms with van der Waals surface area (Å²) in [6.07, 6.45) is -4.00. The lowest BCUT2D eigenvalue weighted by Crippen LogP contribution is -2.40. The Hall–Kier alpha value is -2.14. The van der Waals surface area contributed by atoms with Gasteiger partial charge in [0.15, 0.2) is 0 Å². The maximum absolute atomic E-state index is 12.8. The van der Waals surface area contributed by atoms with Crippen LogP contribution < -0.4 is 0 Å². The molecule has 2 unspecified atom stereocenters. The molecule has 3 rings (SSSR count). The van der Waals surface area contributed by atoms with Gasteiger partial charge in [0.1, 0.15) is 11.3 Å². The van der Waals surface area contributed by atoms with E-state index in [1.165, 1.54) is 0 Å². The molecule has 2 atom stereocenters. The van der Waals surface area contributed by atoms with Gasteiger partial charge in [0.25, 0.3) is 5.91 Å². The van der Waals surface area contributed by atoms with Crippen LogP contribution in [0.15, 0.2) is 4.52 Å². The van der Waals surface area contributed by atoms with Gasteiger partial charge in [-0.3, -0.25) is 9.69 Å². The zero-order valence-corrected chi connectivity index (χ0v) is 16.0. The lowest BCUT2D eigenvalue weighted by atomic mass is 10.0. The first-order chi connectivity index (χ1) is 13.1. The fourth-order valence-electron chi connectivity index (χ4n) is 3.64. The fourth-order valence-corrected chi connectivity index (χ4v) is 3.64. The lowest BCUT2D eigenvalue weighted by molar-refractivity contribution is -0.192. The van der Waals surface area contributed by atoms with E-state index in [2.05, 4.69) is 10.1 Å². The molecule has 2 aliphatic heterocycles. The van der Waals surface area contributed by atoms with Gasteiger partial charge in [-0.2, -0.15) is 13.2 Å². The number of carboxylic acid groups (broad SMARTS) is 1. The molecule has 8 nitrogen and oxygen atoms in total. The van der Waals surface area contributed by atoms with Crippen LogP contribution in [0.1, 0.15) is 28.2 Å². The van der Waals surface area contributed by atoms with Crippen molar-refractivity contribution in [2.45, 2.75) is 32.5 Å². The number of nitrogens with zero attached hydrogens (tertiary/aromatic N) is 3. The Balaban J connectivity index is 0.000000345. The quantitative estimate of drug-likeness (QED) is 0.812. The van der Waals surface area contributed by atoms with Crippen molar-refractivity contribution in [3.8, 4) is 0 Å². The summed E-state index contributed by atoms with van der Waals surface area (Å²) in [5.41, 5.74) is 1.33. The van der Waals surface area contributed by atoms with Crippen molar-refractivity contribution in [3.63, 3.8) is 0 Å². The van der Waals surface area contributed by atoms with Gasteiger partial charge in [-0.1, -0.05) is 5.16 Å². The number of rotatable bonds is 4. The van der Waals surface area contributed by atoms with E-state index in [0.717, 1.165) is 39.2 Å². The largest absolute Gasteiger partial charge is 0.490 e. The molecular weight excluding hydrogens is 383 g/mol. The van der Waals surface area contributed by atoms with Crippen LogP contribution in [-0.2, 0) is 9.53 Å². The summed E-state index contributed by atoms with van der Waals surface area (Å²) in [4.78, 5) is 26.1. The van der Waals surface area contributed by atoms with Gasteiger partial charge in [0, 0.05) is 39.3 Å². The van der Waals surface area contributed by atoms with Crippen LogP contribution in [0.3, 0.4) is 0 Å². The van der Waals surface area contributed by atoms with Crippen molar-refractivity contribution < 1.29 is 37.1 Å². The molecule has 0 saturated carbocycles. The van der Waals surface area contributed by atoms with Crippen molar-refractivity contribution in [1.82, 2.24) is 15.0 Å². The number of aromatic nitrogens is 1. The molecule has 0 radical (unpaired) electrons. The minimum Gasteiger partial charge on any atom is -0.475 e. The third-order valence-electron chi connectivity index (χ3n) is 4.99. The molecule has 11 heteroatoms. The van der Waals surface area contributed by atoms with E-state index in [0.29, 0.717) is 29.0 Å². The van der Waals surface area contributed by atoms with Gasteiger partial charge in [0.2, 0.25) is 0 Å². The summed E-state index contributed by atoms with van der Waals surface area (Å²) >= 11 is 0. The Morgan fingerprint density at radius 3 is 2.46 bits per heavy atom. The third kappa shape index (κ3) is 5.02. The Morgan fingerprint density at radius 1 is 1.32 bits per heavy atom. The van der Waals surface area contributed by atoms with Crippen LogP contribution in [0, 0.1) is 19.8 Å². The monoisotopic (exact) mass is 407 g/mol. The fraction of sp³-hybridized carbons (Fsp3) is 0.706. The zero-order chi connectivity index (χ0) is 21.1. The van der Waals surface area contributed by atoms with Crippen molar-refractivity contribution in [2.75, 3.05) is 39.9 Å². The predicted molar refractivity (Wildman–Crippen MR) is 90.9 cm³/mol. The summed E-state index contributed by atoms with van der Waals surface area (Å²) in [6.45, 7) is 8.18. The molecule has 2 fully saturated rings. The number of alkyl halides is 3. The highest BCUT2D eigenvalue weighted by atomic mass is 19.4. The number of likely N-dealkylation sites (tertiary alicyclic amines) is 2. The Morgan fingerprint density at radius 2 is 1.96 bits per heavy atom. The molecule has 3 heterocycles. The molecule has 0 spiro atoms. The average molecular weight is 407 g/mol. The highest BCUT2D eigenvalue weighted by Gasteiger charge is 2.44. The normalized spacial score (nSPS) is 22.0. The molecule has 158 valence electrons. The molecular formula is C17H24F3N3O5. The number of hydrogen-bond acceptors (Lipinski definition) is 6. The smallest absolute Gasteiger partial charge is 0.475 e. The van der Waals surface area contributed by atoms with Crippen LogP contribution in [0.4, 0.5) is 13.2 Å². The van der Waals surface area contributed by atoms with E-state index in [4.69, 9.17) is 19.2 Å². The van der Waals surface area contributed by atoms with Crippen LogP contribution >= 0.6 is 0 Å². The van der Waals surface area contributed by atoms with E-state index in [1.54, 1.807) is 14.0 Å². The summed E-state index contributed by atoms with van der Waals surface area (Å²) in [5.74, 6) is -1.47. The number of aliphatic carboxylic acids is 1. The van der Waals surface area contributed by atoms with E-state index >= 15 is 0 Å². The molecule has 0 bridgehead atoms. The second-order valence-corrected chi connectivity index (χ2v) is 6.87. The average Bonchev–Trinajstić information content (AvgIpc) is 3.26. The Bertz CT molecular complexity index is 687. The van der Waals surface area contributed by atoms with Gasteiger partial charge < -0.3 is 19.3 Å². The van der Waals surface area contributed by atoms with Crippen molar-refractivity contribution in [1.29, 1.82) is 0 Å². The zero-order valence-electron chi connectivity index (χ0n) is 16.0. The Kier molecular flexibility index (Phi) is 7.05. The summed E-state index contributed by atoms with van der Waals surface area (Å²) in [7, 11) is 1.73. The van der Waals surface area contributed by atoms with E-state index in [1.807, 2.05) is 11.8 Å². The summed E-state index contributed by atoms with van der Waals surface area (Å²) in [6, 6.07) is 0.322. The maximum atomic E-state index is 12.8. The molecule has 0 aliphatic carbocycles. The van der Waals surface area contributed by atoms with Crippen LogP contribution in [-0.4, -0.2) is 84.1 Å². The number of halogens is 3. The minimum absolute atomic E-state index is 0.0762. The van der Waals surface area contributed by atoms with Gasteiger partial charge in [-0.25, -0.2) is 4.79 Å². The number of carbonyl (C=O) groups excluding carboxylic acids is 1. The number of carboxylic acids is 1. The van der Waals surface area contributed by atoms with E-state index < -0.39 is 12.1 Å². The number of aryl methyl sites for hydroxylation is 2. The molecule has 1 amide bonds. The molecule has 2 aliphatic rings. The van der Waals surface area contributed by atoms with Crippen LogP contribution in [0.25, 0.3) is 0 Å². The molecule has 2 saturated heterocycles. The van der Waals surface area contributed by atoms with Crippen LogP contribution in [0.5, 0.6) is 0 Å². The number of ether oxygens (including phenoxy) is 1. The SMILES string of the molecule is COCCN1CC2CCN(C(=O)c3c(C)noc3C)C2C1.O=C(O)C(F)(F)F. The third-order valence-corrected chi connectivity index (χ3v) is 4.99. The van der Waals surface area contributed by atoms with Gasteiger partial charge >= 0.3 is 12.1 Å². The molecule has 28 heavy (non-hydrogen) atoms. The molecule has 1 aromatic rings. The van der Waals surface area contributed by atoms with Gasteiger partial charge in [-0.15, -0.1) is 0 Å². The number of carbonyl (C=O) groups is 2. The van der Waals surface area contributed by atoms with E-state index in [9.17, 15) is 18.0 Å². The highest BCUT2D eigenvalue weighted by molar-refractivity contribution is 5.96. The first-order valence-corrected chi connectivity index (χ1v) is 8.81. The first-order valence-electron chi connectivity index (χ1n) is 8.81. The topological polar surface area (TPSA) is 96.1 Å². The Labute approximate surface area is 160 Å². The molecule has 0 aromatic carbocycles. The van der Waals surface area contributed by atoms with Crippen molar-refractivity contribution >= 4 is 11.9 Å². The van der Waals surface area contributed by atoms with Crippen molar-refractivity contribution in [3.05, 3.63) is 17.0 Å². The first kappa shape index (κ1) is 22.2. The summed E-state index contributed by atoms with van der Waals surface area (Å²) < 4.78 is 42.0. The highest BCUT2D eigenvalue weighted by Crippen LogP contribution is 2.33. The van der Waals surface area contributed by atoms with Gasteiger partial charge in [-0.05, 0) is 26.2 Å². The second-order valence-electron chi connectivity index (χ2n) is 6.87. The standard InChI is InChI=1S/C15H23N3O3.C2HF3O2/c1-10-14(11(2)21-16-10)15(19)18-5-4-12-8-17(6-7-20-3)9-13(12)18;3-2(4,5)1(6)7/h12-13H,4-9H2,1-3H3;(H,6,7). The maximum Gasteiger partial charge on any atom is 0.490 e. The molecule has 1 aromatic heterocycles.